The lowest BCUT2D eigenvalue weighted by atomic mass is 9.96. The molecule has 1 fully saturated rings. The van der Waals surface area contributed by atoms with Gasteiger partial charge in [-0.1, -0.05) is 17.7 Å². The van der Waals surface area contributed by atoms with E-state index in [1.165, 1.54) is 14.2 Å². The van der Waals surface area contributed by atoms with E-state index in [2.05, 4.69) is 20.6 Å². The zero-order valence-electron chi connectivity index (χ0n) is 19.3. The summed E-state index contributed by atoms with van der Waals surface area (Å²) >= 11 is 6.39. The molecule has 2 aromatic rings. The number of carbonyl (C=O) groups is 1. The first-order valence-electron chi connectivity index (χ1n) is 11.1. The summed E-state index contributed by atoms with van der Waals surface area (Å²) in [5, 5.41) is 9.53. The monoisotopic (exact) mass is 517 g/mol. The van der Waals surface area contributed by atoms with Gasteiger partial charge in [-0.2, -0.15) is 18.3 Å². The number of benzene rings is 1. The minimum Gasteiger partial charge on any atom is -0.493 e. The normalized spacial score (nSPS) is 20.6. The van der Waals surface area contributed by atoms with Gasteiger partial charge < -0.3 is 24.8 Å². The smallest absolute Gasteiger partial charge is 0.410 e. The molecule has 0 saturated carbocycles. The van der Waals surface area contributed by atoms with Gasteiger partial charge in [0.1, 0.15) is 10.8 Å². The molecule has 1 amide bonds. The van der Waals surface area contributed by atoms with Crippen LogP contribution in [0.1, 0.15) is 34.6 Å². The van der Waals surface area contributed by atoms with Gasteiger partial charge in [-0.25, -0.2) is 4.68 Å². The number of hydrogen-bond acceptors (Lipinski definition) is 7. The lowest BCUT2D eigenvalue weighted by Crippen LogP contribution is -2.41. The number of amides is 1. The molecule has 1 aromatic carbocycles. The third kappa shape index (κ3) is 5.44. The largest absolute Gasteiger partial charge is 0.493 e. The Kier molecular flexibility index (Phi) is 7.62. The van der Waals surface area contributed by atoms with E-state index in [1.54, 1.807) is 18.2 Å². The third-order valence-corrected chi connectivity index (χ3v) is 6.50. The van der Waals surface area contributed by atoms with Crippen LogP contribution in [0.4, 0.5) is 19.0 Å². The molecule has 0 spiro atoms. The van der Waals surface area contributed by atoms with Gasteiger partial charge in [-0.05, 0) is 17.7 Å². The fraction of sp³-hybridized carbons (Fsp3) is 0.545. The lowest BCUT2D eigenvalue weighted by molar-refractivity contribution is -0.173. The second-order valence-electron chi connectivity index (χ2n) is 8.27. The number of nitrogens with one attached hydrogen (secondary N) is 2. The highest BCUT2D eigenvalue weighted by atomic mass is 35.5. The van der Waals surface area contributed by atoms with Crippen LogP contribution in [0, 0.1) is 0 Å². The minimum atomic E-state index is -4.61. The average molecular weight is 518 g/mol. The van der Waals surface area contributed by atoms with Crippen molar-refractivity contribution in [2.45, 2.75) is 24.7 Å². The number of aromatic nitrogens is 2. The van der Waals surface area contributed by atoms with Gasteiger partial charge in [0, 0.05) is 32.6 Å². The maximum atomic E-state index is 14.0. The molecule has 4 rings (SSSR count). The summed E-state index contributed by atoms with van der Waals surface area (Å²) in [7, 11) is 2.92. The third-order valence-electron chi connectivity index (χ3n) is 6.14. The molecular weight excluding hydrogens is 491 g/mol. The van der Waals surface area contributed by atoms with E-state index in [0.717, 1.165) is 17.8 Å². The maximum Gasteiger partial charge on any atom is 0.410 e. The molecule has 9 nitrogen and oxygen atoms in total. The van der Waals surface area contributed by atoms with Crippen molar-refractivity contribution in [1.29, 1.82) is 0 Å². The van der Waals surface area contributed by atoms with Crippen molar-refractivity contribution in [3.05, 3.63) is 34.5 Å². The van der Waals surface area contributed by atoms with Crippen LogP contribution in [0.3, 0.4) is 0 Å². The molecule has 0 bridgehead atoms. The average Bonchev–Trinajstić information content (AvgIpc) is 3.19. The van der Waals surface area contributed by atoms with Crippen LogP contribution in [-0.2, 0) is 4.74 Å². The summed E-state index contributed by atoms with van der Waals surface area (Å²) < 4.78 is 58.6. The Hall–Kier alpha value is -2.70. The molecule has 0 aliphatic carbocycles. The van der Waals surface area contributed by atoms with Gasteiger partial charge in [-0.15, -0.1) is 0 Å². The van der Waals surface area contributed by atoms with Crippen LogP contribution in [0.5, 0.6) is 11.5 Å². The second kappa shape index (κ2) is 10.5. The molecule has 2 aliphatic heterocycles. The molecule has 35 heavy (non-hydrogen) atoms. The number of alkyl halides is 3. The first kappa shape index (κ1) is 25.4. The van der Waals surface area contributed by atoms with E-state index in [9.17, 15) is 18.0 Å². The van der Waals surface area contributed by atoms with Crippen LogP contribution in [0.2, 0.25) is 5.02 Å². The molecule has 0 radical (unpaired) electrons. The highest BCUT2D eigenvalue weighted by Crippen LogP contribution is 2.47. The number of nitrogens with zero attached hydrogens (tertiary/aromatic N) is 3. The fourth-order valence-corrected chi connectivity index (χ4v) is 4.52. The van der Waals surface area contributed by atoms with E-state index >= 15 is 0 Å². The van der Waals surface area contributed by atoms with E-state index in [-0.39, 0.29) is 23.0 Å². The summed E-state index contributed by atoms with van der Waals surface area (Å²) in [4.78, 5) is 14.9. The maximum absolute atomic E-state index is 14.0. The Morgan fingerprint density at radius 3 is 2.63 bits per heavy atom. The number of carbonyl (C=O) groups excluding carboxylic acids is 1. The molecule has 0 unspecified atom stereocenters. The number of hydrogen-bond donors (Lipinski definition) is 2. The molecule has 192 valence electrons. The molecule has 3 heterocycles. The Bertz CT molecular complexity index is 1060. The van der Waals surface area contributed by atoms with Gasteiger partial charge in [0.25, 0.3) is 5.91 Å². The summed E-state index contributed by atoms with van der Waals surface area (Å²) in [5.41, 5.74) is 0.301. The van der Waals surface area contributed by atoms with Crippen LogP contribution in [0.25, 0.3) is 0 Å². The number of ether oxygens (including phenoxy) is 3. The van der Waals surface area contributed by atoms with Gasteiger partial charge in [-0.3, -0.25) is 9.69 Å². The van der Waals surface area contributed by atoms with Crippen molar-refractivity contribution in [3.63, 3.8) is 0 Å². The number of morpholine rings is 1. The molecular formula is C22H27ClF3N5O4. The first-order valence-corrected chi connectivity index (χ1v) is 11.5. The fourth-order valence-electron chi connectivity index (χ4n) is 4.26. The van der Waals surface area contributed by atoms with Gasteiger partial charge >= 0.3 is 6.18 Å². The van der Waals surface area contributed by atoms with Crippen LogP contribution >= 0.6 is 11.6 Å². The molecule has 1 aromatic heterocycles. The quantitative estimate of drug-likeness (QED) is 0.582. The van der Waals surface area contributed by atoms with Gasteiger partial charge in [0.15, 0.2) is 23.2 Å². The SMILES string of the molecule is COc1ccc([C@H]2C[C@H](C(F)(F)F)n3nc(C(=O)NCCN4CCOCC4)c(Cl)c3N2)cc1OC. The molecule has 13 heteroatoms. The van der Waals surface area contributed by atoms with Gasteiger partial charge in [0.2, 0.25) is 0 Å². The van der Waals surface area contributed by atoms with Crippen LogP contribution in [-0.4, -0.2) is 80.4 Å². The predicted molar refractivity (Wildman–Crippen MR) is 122 cm³/mol. The molecule has 2 N–H and O–H groups in total. The Labute approximate surface area is 205 Å². The van der Waals surface area contributed by atoms with E-state index in [1.807, 2.05) is 0 Å². The standard InChI is InChI=1S/C22H27ClF3N5O4/c1-33-15-4-3-13(11-16(15)34-2)14-12-17(22(24,25)26)31-20(28-14)18(23)19(29-31)21(32)27-5-6-30-7-9-35-10-8-30/h3-4,11,14,17,28H,5-10,12H2,1-2H3,(H,27,32)/t14-,17-/m1/s1. The van der Waals surface area contributed by atoms with E-state index in [4.69, 9.17) is 25.8 Å². The molecule has 2 aliphatic rings. The minimum absolute atomic E-state index is 0.0571. The Morgan fingerprint density at radius 1 is 1.26 bits per heavy atom. The summed E-state index contributed by atoms with van der Waals surface area (Å²) in [6, 6.07) is 2.18. The van der Waals surface area contributed by atoms with Crippen molar-refractivity contribution in [1.82, 2.24) is 20.0 Å². The lowest BCUT2D eigenvalue weighted by Gasteiger charge is -2.33. The van der Waals surface area contributed by atoms with E-state index in [0.29, 0.717) is 43.4 Å². The van der Waals surface area contributed by atoms with Crippen LogP contribution in [0.15, 0.2) is 18.2 Å². The summed E-state index contributed by atoms with van der Waals surface area (Å²) in [5.74, 6) is 0.160. The number of halogens is 4. The molecule has 1 saturated heterocycles. The Balaban J connectivity index is 1.56. The van der Waals surface area contributed by atoms with Crippen molar-refractivity contribution < 1.29 is 32.2 Å². The number of fused-ring (bicyclic) bond motifs is 1. The highest BCUT2D eigenvalue weighted by molar-refractivity contribution is 6.36. The van der Waals surface area contributed by atoms with Crippen LogP contribution < -0.4 is 20.1 Å². The first-order chi connectivity index (χ1) is 16.7. The molecule has 2 atom stereocenters. The van der Waals surface area contributed by atoms with E-state index < -0.39 is 24.2 Å². The zero-order valence-corrected chi connectivity index (χ0v) is 20.1. The topological polar surface area (TPSA) is 89.9 Å². The van der Waals surface area contributed by atoms with Crippen molar-refractivity contribution in [3.8, 4) is 11.5 Å². The van der Waals surface area contributed by atoms with Crippen molar-refractivity contribution in [2.75, 3.05) is 58.9 Å². The van der Waals surface area contributed by atoms with Gasteiger partial charge in [0.05, 0.1) is 33.5 Å². The van der Waals surface area contributed by atoms with Crippen molar-refractivity contribution >= 4 is 23.3 Å². The summed E-state index contributed by atoms with van der Waals surface area (Å²) in [6.45, 7) is 3.65. The predicted octanol–water partition coefficient (Wildman–Crippen LogP) is 3.28. The number of rotatable bonds is 7. The summed E-state index contributed by atoms with van der Waals surface area (Å²) in [6.07, 6.45) is -4.95. The number of anilines is 1. The Morgan fingerprint density at radius 2 is 1.97 bits per heavy atom. The number of methoxy groups -OCH3 is 2. The van der Waals surface area contributed by atoms with Crippen molar-refractivity contribution in [2.24, 2.45) is 0 Å². The second-order valence-corrected chi connectivity index (χ2v) is 8.65. The highest BCUT2D eigenvalue weighted by Gasteiger charge is 2.48. The zero-order chi connectivity index (χ0) is 25.2.